The lowest BCUT2D eigenvalue weighted by Crippen LogP contribution is -2.44. The Bertz CT molecular complexity index is 883. The molecule has 0 N–H and O–H groups in total. The van der Waals surface area contributed by atoms with Crippen LogP contribution in [0.3, 0.4) is 0 Å². The number of hydrogen-bond acceptors (Lipinski definition) is 3. The summed E-state index contributed by atoms with van der Waals surface area (Å²) < 4.78 is 5.21. The Hall–Kier alpha value is -2.82. The number of likely N-dealkylation sites (tertiary alicyclic amines) is 2. The molecule has 2 fully saturated rings. The van der Waals surface area contributed by atoms with E-state index in [-0.39, 0.29) is 17.2 Å². The summed E-state index contributed by atoms with van der Waals surface area (Å²) in [5, 5.41) is 0. The fourth-order valence-corrected chi connectivity index (χ4v) is 4.42. The Morgan fingerprint density at radius 3 is 2.36 bits per heavy atom. The zero-order valence-corrected chi connectivity index (χ0v) is 16.5. The Kier molecular flexibility index (Phi) is 4.84. The van der Waals surface area contributed by atoms with E-state index >= 15 is 0 Å². The van der Waals surface area contributed by atoms with Crippen LogP contribution in [-0.2, 0) is 4.79 Å². The average Bonchev–Trinajstić information content (AvgIpc) is 3.01. The van der Waals surface area contributed by atoms with Crippen LogP contribution in [-0.4, -0.2) is 55.4 Å². The number of ether oxygens (including phenoxy) is 1. The van der Waals surface area contributed by atoms with Gasteiger partial charge in [-0.1, -0.05) is 24.3 Å². The van der Waals surface area contributed by atoms with Gasteiger partial charge in [-0.05, 0) is 48.2 Å². The van der Waals surface area contributed by atoms with Gasteiger partial charge in [-0.3, -0.25) is 9.59 Å². The topological polar surface area (TPSA) is 49.9 Å². The third-order valence-corrected chi connectivity index (χ3v) is 6.17. The van der Waals surface area contributed by atoms with Crippen molar-refractivity contribution < 1.29 is 14.3 Å². The highest BCUT2D eigenvalue weighted by atomic mass is 16.5. The summed E-state index contributed by atoms with van der Waals surface area (Å²) in [6, 6.07) is 15.6. The van der Waals surface area contributed by atoms with Crippen LogP contribution in [0.1, 0.15) is 29.6 Å². The van der Waals surface area contributed by atoms with Crippen LogP contribution in [0, 0.1) is 5.41 Å². The third kappa shape index (κ3) is 3.49. The van der Waals surface area contributed by atoms with Crippen LogP contribution >= 0.6 is 0 Å². The van der Waals surface area contributed by atoms with E-state index in [1.54, 1.807) is 7.11 Å². The summed E-state index contributed by atoms with van der Waals surface area (Å²) in [6.45, 7) is 2.25. The lowest BCUT2D eigenvalue weighted by atomic mass is 9.77. The molecule has 5 heteroatoms. The van der Waals surface area contributed by atoms with Crippen molar-refractivity contribution in [1.29, 1.82) is 0 Å². The number of nitrogens with zero attached hydrogens (tertiary/aromatic N) is 2. The van der Waals surface area contributed by atoms with Gasteiger partial charge in [0, 0.05) is 44.1 Å². The first-order chi connectivity index (χ1) is 13.5. The van der Waals surface area contributed by atoms with Crippen LogP contribution in [0.2, 0.25) is 0 Å². The van der Waals surface area contributed by atoms with E-state index in [4.69, 9.17) is 4.74 Å². The molecule has 146 valence electrons. The first-order valence-corrected chi connectivity index (χ1v) is 9.77. The number of methoxy groups -OCH3 is 1. The Labute approximate surface area is 165 Å². The van der Waals surface area contributed by atoms with Crippen LogP contribution in [0.25, 0.3) is 11.1 Å². The maximum absolute atomic E-state index is 13.0. The fourth-order valence-electron chi connectivity index (χ4n) is 4.42. The van der Waals surface area contributed by atoms with Crippen molar-refractivity contribution in [2.24, 2.45) is 5.41 Å². The molecule has 0 saturated carbocycles. The van der Waals surface area contributed by atoms with Gasteiger partial charge in [0.1, 0.15) is 5.75 Å². The summed E-state index contributed by atoms with van der Waals surface area (Å²) in [5.74, 6) is 1.11. The van der Waals surface area contributed by atoms with Crippen LogP contribution in [0.5, 0.6) is 5.75 Å². The zero-order chi connectivity index (χ0) is 19.7. The number of piperidine rings is 1. The van der Waals surface area contributed by atoms with E-state index in [1.807, 2.05) is 65.4 Å². The maximum Gasteiger partial charge on any atom is 0.253 e. The quantitative estimate of drug-likeness (QED) is 0.822. The third-order valence-electron chi connectivity index (χ3n) is 6.17. The second-order valence-corrected chi connectivity index (χ2v) is 8.03. The highest BCUT2D eigenvalue weighted by molar-refractivity contribution is 5.95. The number of benzene rings is 2. The molecule has 2 aliphatic heterocycles. The minimum Gasteiger partial charge on any atom is -0.497 e. The minimum atomic E-state index is 0.0631. The average molecular weight is 378 g/mol. The van der Waals surface area contributed by atoms with Gasteiger partial charge >= 0.3 is 0 Å². The van der Waals surface area contributed by atoms with Gasteiger partial charge in [0.25, 0.3) is 5.91 Å². The maximum atomic E-state index is 13.0. The molecule has 2 aliphatic rings. The first kappa shape index (κ1) is 18.5. The summed E-state index contributed by atoms with van der Waals surface area (Å²) >= 11 is 0. The van der Waals surface area contributed by atoms with Crippen molar-refractivity contribution in [1.82, 2.24) is 9.80 Å². The molecule has 2 aromatic carbocycles. The highest BCUT2D eigenvalue weighted by Gasteiger charge is 2.44. The molecule has 5 nitrogen and oxygen atoms in total. The van der Waals surface area contributed by atoms with E-state index in [0.29, 0.717) is 25.1 Å². The molecular formula is C23H26N2O3. The standard InChI is InChI=1S/C23H26N2O3/c1-24-16-23(15-21(24)26)10-12-25(13-11-23)22(27)19-5-3-4-18(14-19)17-6-8-20(28-2)9-7-17/h3-9,14H,10-13,15-16H2,1-2H3. The highest BCUT2D eigenvalue weighted by Crippen LogP contribution is 2.40. The van der Waals surface area contributed by atoms with Gasteiger partial charge in [0.2, 0.25) is 5.91 Å². The van der Waals surface area contributed by atoms with Gasteiger partial charge in [0.15, 0.2) is 0 Å². The molecule has 0 atom stereocenters. The lowest BCUT2D eigenvalue weighted by Gasteiger charge is -2.38. The van der Waals surface area contributed by atoms with Gasteiger partial charge in [-0.15, -0.1) is 0 Å². The molecule has 0 bridgehead atoms. The van der Waals surface area contributed by atoms with Crippen molar-refractivity contribution in [3.63, 3.8) is 0 Å². The number of carbonyl (C=O) groups is 2. The Morgan fingerprint density at radius 1 is 1.04 bits per heavy atom. The number of amides is 2. The van der Waals surface area contributed by atoms with E-state index in [2.05, 4.69) is 0 Å². The van der Waals surface area contributed by atoms with Crippen molar-refractivity contribution in [2.75, 3.05) is 33.8 Å². The van der Waals surface area contributed by atoms with Gasteiger partial charge < -0.3 is 14.5 Å². The molecule has 0 aliphatic carbocycles. The van der Waals surface area contributed by atoms with E-state index in [1.165, 1.54) is 0 Å². The van der Waals surface area contributed by atoms with E-state index in [0.717, 1.165) is 36.3 Å². The summed E-state index contributed by atoms with van der Waals surface area (Å²) in [5.41, 5.74) is 2.85. The second kappa shape index (κ2) is 7.30. The van der Waals surface area contributed by atoms with Gasteiger partial charge in [-0.25, -0.2) is 0 Å². The molecule has 28 heavy (non-hydrogen) atoms. The molecule has 2 heterocycles. The van der Waals surface area contributed by atoms with E-state index < -0.39 is 0 Å². The van der Waals surface area contributed by atoms with Crippen molar-refractivity contribution in [3.8, 4) is 16.9 Å². The SMILES string of the molecule is COc1ccc(-c2cccc(C(=O)N3CCC4(CC3)CC(=O)N(C)C4)c2)cc1. The molecule has 0 aromatic heterocycles. The first-order valence-electron chi connectivity index (χ1n) is 9.77. The van der Waals surface area contributed by atoms with Crippen molar-refractivity contribution in [3.05, 3.63) is 54.1 Å². The molecule has 0 unspecified atom stereocenters. The normalized spacial score (nSPS) is 18.6. The summed E-state index contributed by atoms with van der Waals surface area (Å²) in [7, 11) is 3.52. The monoisotopic (exact) mass is 378 g/mol. The number of rotatable bonds is 3. The van der Waals surface area contributed by atoms with Gasteiger partial charge in [0.05, 0.1) is 7.11 Å². The number of hydrogen-bond donors (Lipinski definition) is 0. The molecule has 2 saturated heterocycles. The molecule has 0 radical (unpaired) electrons. The van der Waals surface area contributed by atoms with Crippen LogP contribution in [0.15, 0.2) is 48.5 Å². The Morgan fingerprint density at radius 2 is 1.75 bits per heavy atom. The predicted octanol–water partition coefficient (Wildman–Crippen LogP) is 3.45. The lowest BCUT2D eigenvalue weighted by molar-refractivity contribution is -0.126. The van der Waals surface area contributed by atoms with Crippen molar-refractivity contribution in [2.45, 2.75) is 19.3 Å². The Balaban J connectivity index is 1.46. The largest absolute Gasteiger partial charge is 0.497 e. The summed E-state index contributed by atoms with van der Waals surface area (Å²) in [6.07, 6.45) is 2.42. The molecule has 2 amide bonds. The summed E-state index contributed by atoms with van der Waals surface area (Å²) in [4.78, 5) is 28.7. The van der Waals surface area contributed by atoms with Gasteiger partial charge in [-0.2, -0.15) is 0 Å². The van der Waals surface area contributed by atoms with Crippen molar-refractivity contribution >= 4 is 11.8 Å². The number of carbonyl (C=O) groups excluding carboxylic acids is 2. The minimum absolute atomic E-state index is 0.0631. The van der Waals surface area contributed by atoms with Crippen LogP contribution < -0.4 is 4.74 Å². The molecule has 2 aromatic rings. The second-order valence-electron chi connectivity index (χ2n) is 8.03. The smallest absolute Gasteiger partial charge is 0.253 e. The van der Waals surface area contributed by atoms with Crippen LogP contribution in [0.4, 0.5) is 0 Å². The molecular weight excluding hydrogens is 352 g/mol. The molecule has 1 spiro atoms. The molecule has 4 rings (SSSR count). The fraction of sp³-hybridized carbons (Fsp3) is 0.391. The van der Waals surface area contributed by atoms with E-state index in [9.17, 15) is 9.59 Å². The predicted molar refractivity (Wildman–Crippen MR) is 108 cm³/mol. The zero-order valence-electron chi connectivity index (χ0n) is 16.5.